The second-order valence-corrected chi connectivity index (χ2v) is 5.60. The molecule has 0 aliphatic heterocycles. The zero-order chi connectivity index (χ0) is 15.4. The highest BCUT2D eigenvalue weighted by Crippen LogP contribution is 2.20. The van der Waals surface area contributed by atoms with Crippen molar-refractivity contribution in [1.82, 2.24) is 14.9 Å². The molecule has 0 unspecified atom stereocenters. The van der Waals surface area contributed by atoms with Crippen molar-refractivity contribution in [3.05, 3.63) is 76.8 Å². The Balaban J connectivity index is 1.95. The van der Waals surface area contributed by atoms with Gasteiger partial charge in [-0.3, -0.25) is 5.01 Å². The van der Waals surface area contributed by atoms with Crippen LogP contribution in [0.4, 0.5) is 5.69 Å². The molecule has 22 heavy (non-hydrogen) atoms. The van der Waals surface area contributed by atoms with Gasteiger partial charge in [0.15, 0.2) is 0 Å². The monoisotopic (exact) mass is 353 g/mol. The van der Waals surface area contributed by atoms with E-state index in [2.05, 4.69) is 44.3 Å². The molecule has 1 heterocycles. The molecule has 5 nitrogen and oxygen atoms in total. The molecule has 0 saturated heterocycles. The Kier molecular flexibility index (Phi) is 4.17. The maximum Gasteiger partial charge on any atom is 0.139 e. The predicted octanol–water partition coefficient (Wildman–Crippen LogP) is 3.38. The Hall–Kier alpha value is -2.65. The van der Waals surface area contributed by atoms with Gasteiger partial charge in [-0.05, 0) is 42.0 Å². The first kappa shape index (κ1) is 14.3. The van der Waals surface area contributed by atoms with Crippen molar-refractivity contribution in [2.45, 2.75) is 6.54 Å². The molecule has 0 aliphatic carbocycles. The molecule has 0 bridgehead atoms. The van der Waals surface area contributed by atoms with Crippen LogP contribution in [0.2, 0.25) is 0 Å². The SMILES string of the molecule is N#Cc1ccc(N(Cc2cccc(Br)c2)n2cnnc2)cc1. The van der Waals surface area contributed by atoms with Crippen molar-refractivity contribution in [2.75, 3.05) is 5.01 Å². The van der Waals surface area contributed by atoms with E-state index in [1.807, 2.05) is 34.0 Å². The lowest BCUT2D eigenvalue weighted by molar-refractivity contribution is 0.685. The number of halogens is 1. The number of benzene rings is 2. The van der Waals surface area contributed by atoms with E-state index in [9.17, 15) is 0 Å². The second kappa shape index (κ2) is 6.41. The van der Waals surface area contributed by atoms with Gasteiger partial charge >= 0.3 is 0 Å². The first-order chi connectivity index (χ1) is 10.8. The summed E-state index contributed by atoms with van der Waals surface area (Å²) in [6.45, 7) is 0.656. The van der Waals surface area contributed by atoms with Crippen molar-refractivity contribution in [3.8, 4) is 6.07 Å². The van der Waals surface area contributed by atoms with Crippen LogP contribution >= 0.6 is 15.9 Å². The van der Waals surface area contributed by atoms with Gasteiger partial charge in [-0.25, -0.2) is 4.68 Å². The molecule has 0 atom stereocenters. The summed E-state index contributed by atoms with van der Waals surface area (Å²) >= 11 is 3.49. The van der Waals surface area contributed by atoms with E-state index in [1.165, 1.54) is 0 Å². The molecule has 1 aromatic heterocycles. The fraction of sp³-hybridized carbons (Fsp3) is 0.0625. The third-order valence-corrected chi connectivity index (χ3v) is 3.69. The smallest absolute Gasteiger partial charge is 0.139 e. The van der Waals surface area contributed by atoms with Crippen molar-refractivity contribution < 1.29 is 0 Å². The molecule has 0 fully saturated rings. The molecular formula is C16H12BrN5. The Labute approximate surface area is 136 Å². The van der Waals surface area contributed by atoms with Crippen LogP contribution in [0, 0.1) is 11.3 Å². The maximum atomic E-state index is 8.92. The van der Waals surface area contributed by atoms with Crippen LogP contribution < -0.4 is 5.01 Å². The third kappa shape index (κ3) is 3.15. The normalized spacial score (nSPS) is 10.2. The Morgan fingerprint density at radius 1 is 1.09 bits per heavy atom. The lowest BCUT2D eigenvalue weighted by Gasteiger charge is -2.25. The predicted molar refractivity (Wildman–Crippen MR) is 86.9 cm³/mol. The van der Waals surface area contributed by atoms with Gasteiger partial charge in [-0.15, -0.1) is 10.2 Å². The zero-order valence-electron chi connectivity index (χ0n) is 11.6. The molecule has 0 radical (unpaired) electrons. The summed E-state index contributed by atoms with van der Waals surface area (Å²) in [5.74, 6) is 0. The van der Waals surface area contributed by atoms with Crippen LogP contribution in [0.1, 0.15) is 11.1 Å². The molecule has 6 heteroatoms. The second-order valence-electron chi connectivity index (χ2n) is 4.69. The molecular weight excluding hydrogens is 342 g/mol. The summed E-state index contributed by atoms with van der Waals surface area (Å²) in [6, 6.07) is 17.7. The van der Waals surface area contributed by atoms with Crippen molar-refractivity contribution in [2.24, 2.45) is 0 Å². The van der Waals surface area contributed by atoms with E-state index in [4.69, 9.17) is 5.26 Å². The maximum absolute atomic E-state index is 8.92. The molecule has 0 saturated carbocycles. The van der Waals surface area contributed by atoms with Gasteiger partial charge in [-0.1, -0.05) is 28.1 Å². The highest BCUT2D eigenvalue weighted by Gasteiger charge is 2.10. The number of anilines is 1. The highest BCUT2D eigenvalue weighted by atomic mass is 79.9. The van der Waals surface area contributed by atoms with Crippen LogP contribution in [-0.2, 0) is 6.54 Å². The zero-order valence-corrected chi connectivity index (χ0v) is 13.2. The van der Waals surface area contributed by atoms with Gasteiger partial charge in [0.25, 0.3) is 0 Å². The van der Waals surface area contributed by atoms with Crippen LogP contribution in [0.5, 0.6) is 0 Å². The van der Waals surface area contributed by atoms with E-state index in [1.54, 1.807) is 24.8 Å². The first-order valence-corrected chi connectivity index (χ1v) is 7.42. The van der Waals surface area contributed by atoms with Crippen LogP contribution in [0.3, 0.4) is 0 Å². The average Bonchev–Trinajstić information content (AvgIpc) is 3.07. The molecule has 3 aromatic rings. The largest absolute Gasteiger partial charge is 0.274 e. The summed E-state index contributed by atoms with van der Waals surface area (Å²) in [5, 5.41) is 18.7. The summed E-state index contributed by atoms with van der Waals surface area (Å²) in [7, 11) is 0. The molecule has 3 rings (SSSR count). The Morgan fingerprint density at radius 2 is 1.82 bits per heavy atom. The van der Waals surface area contributed by atoms with E-state index in [0.717, 1.165) is 15.7 Å². The average molecular weight is 354 g/mol. The minimum atomic E-state index is 0.634. The lowest BCUT2D eigenvalue weighted by Crippen LogP contribution is -2.27. The van der Waals surface area contributed by atoms with Crippen LogP contribution in [0.25, 0.3) is 0 Å². The fourth-order valence-electron chi connectivity index (χ4n) is 2.14. The van der Waals surface area contributed by atoms with Crippen molar-refractivity contribution in [3.63, 3.8) is 0 Å². The van der Waals surface area contributed by atoms with Crippen molar-refractivity contribution in [1.29, 1.82) is 5.26 Å². The van der Waals surface area contributed by atoms with Gasteiger partial charge in [0, 0.05) is 4.47 Å². The summed E-state index contributed by atoms with van der Waals surface area (Å²) in [5.41, 5.74) is 2.74. The molecule has 2 aromatic carbocycles. The molecule has 0 N–H and O–H groups in total. The van der Waals surface area contributed by atoms with E-state index in [0.29, 0.717) is 12.1 Å². The van der Waals surface area contributed by atoms with Gasteiger partial charge < -0.3 is 0 Å². The minimum absolute atomic E-state index is 0.634. The third-order valence-electron chi connectivity index (χ3n) is 3.20. The summed E-state index contributed by atoms with van der Waals surface area (Å²) < 4.78 is 2.86. The summed E-state index contributed by atoms with van der Waals surface area (Å²) in [6.07, 6.45) is 3.30. The van der Waals surface area contributed by atoms with Gasteiger partial charge in [0.1, 0.15) is 12.7 Å². The molecule has 108 valence electrons. The standard InChI is InChI=1S/C16H12BrN5/c17-15-3-1-2-14(8-15)10-22(21-11-19-20-12-21)16-6-4-13(9-18)5-7-16/h1-8,11-12H,10H2. The number of aromatic nitrogens is 3. The number of hydrogen-bond donors (Lipinski definition) is 0. The number of rotatable bonds is 4. The van der Waals surface area contributed by atoms with Gasteiger partial charge in [0.05, 0.1) is 23.9 Å². The quantitative estimate of drug-likeness (QED) is 0.721. The van der Waals surface area contributed by atoms with Gasteiger partial charge in [0.2, 0.25) is 0 Å². The number of hydrogen-bond acceptors (Lipinski definition) is 4. The van der Waals surface area contributed by atoms with E-state index < -0.39 is 0 Å². The van der Waals surface area contributed by atoms with Gasteiger partial charge in [-0.2, -0.15) is 5.26 Å². The minimum Gasteiger partial charge on any atom is -0.274 e. The first-order valence-electron chi connectivity index (χ1n) is 6.63. The lowest BCUT2D eigenvalue weighted by atomic mass is 10.2. The number of nitrogens with zero attached hydrogens (tertiary/aromatic N) is 5. The van der Waals surface area contributed by atoms with E-state index in [-0.39, 0.29) is 0 Å². The van der Waals surface area contributed by atoms with Crippen LogP contribution in [0.15, 0.2) is 65.7 Å². The number of nitriles is 1. The molecule has 0 amide bonds. The fourth-order valence-corrected chi connectivity index (χ4v) is 2.59. The van der Waals surface area contributed by atoms with E-state index >= 15 is 0 Å². The topological polar surface area (TPSA) is 57.7 Å². The Bertz CT molecular complexity index is 790. The Morgan fingerprint density at radius 3 is 2.45 bits per heavy atom. The molecule has 0 spiro atoms. The summed E-state index contributed by atoms with van der Waals surface area (Å²) in [4.78, 5) is 0. The van der Waals surface area contributed by atoms with Crippen molar-refractivity contribution >= 4 is 21.6 Å². The van der Waals surface area contributed by atoms with Crippen LogP contribution in [-0.4, -0.2) is 14.9 Å². The highest BCUT2D eigenvalue weighted by molar-refractivity contribution is 9.10. The molecule has 0 aliphatic rings.